The van der Waals surface area contributed by atoms with Crippen LogP contribution < -0.4 is 0 Å². The standard InChI is InChI=1S/C19H19ClO/c1-11-9-10-15-7-5-6-8-16(15)17(11)19(20)18-12(2)13(3)21-14(18)4/h5-10,19H,1-4H3. The van der Waals surface area contributed by atoms with Crippen LogP contribution in [0.2, 0.25) is 0 Å². The van der Waals surface area contributed by atoms with Crippen molar-refractivity contribution in [1.29, 1.82) is 0 Å². The van der Waals surface area contributed by atoms with Crippen molar-refractivity contribution in [3.63, 3.8) is 0 Å². The number of rotatable bonds is 2. The zero-order valence-corrected chi connectivity index (χ0v) is 13.6. The van der Waals surface area contributed by atoms with Crippen molar-refractivity contribution in [3.05, 3.63) is 70.2 Å². The van der Waals surface area contributed by atoms with Crippen LogP contribution in [0.5, 0.6) is 0 Å². The lowest BCUT2D eigenvalue weighted by molar-refractivity contribution is 0.500. The number of halogens is 1. The van der Waals surface area contributed by atoms with Crippen LogP contribution in [-0.4, -0.2) is 0 Å². The van der Waals surface area contributed by atoms with E-state index in [1.807, 2.05) is 13.8 Å². The van der Waals surface area contributed by atoms with Gasteiger partial charge in [0.1, 0.15) is 11.5 Å². The lowest BCUT2D eigenvalue weighted by Crippen LogP contribution is -2.00. The lowest BCUT2D eigenvalue weighted by Gasteiger charge is -2.16. The number of aryl methyl sites for hydroxylation is 3. The second kappa shape index (κ2) is 5.23. The van der Waals surface area contributed by atoms with Gasteiger partial charge in [-0.05, 0) is 55.2 Å². The number of furan rings is 1. The summed E-state index contributed by atoms with van der Waals surface area (Å²) in [4.78, 5) is 0. The Labute approximate surface area is 130 Å². The van der Waals surface area contributed by atoms with Crippen LogP contribution in [0.4, 0.5) is 0 Å². The van der Waals surface area contributed by atoms with Gasteiger partial charge in [0.25, 0.3) is 0 Å². The molecule has 0 saturated heterocycles. The number of hydrogen-bond acceptors (Lipinski definition) is 1. The number of alkyl halides is 1. The molecule has 0 N–H and O–H groups in total. The molecule has 1 atom stereocenters. The van der Waals surface area contributed by atoms with Crippen molar-refractivity contribution in [2.75, 3.05) is 0 Å². The van der Waals surface area contributed by atoms with Gasteiger partial charge in [0.15, 0.2) is 0 Å². The fraction of sp³-hybridized carbons (Fsp3) is 0.263. The highest BCUT2D eigenvalue weighted by atomic mass is 35.5. The molecule has 0 aliphatic rings. The molecule has 0 saturated carbocycles. The van der Waals surface area contributed by atoms with E-state index in [2.05, 4.69) is 50.2 Å². The lowest BCUT2D eigenvalue weighted by atomic mass is 9.92. The molecule has 0 amide bonds. The maximum atomic E-state index is 6.88. The summed E-state index contributed by atoms with van der Waals surface area (Å²) in [6.45, 7) is 8.18. The molecule has 1 heterocycles. The number of hydrogen-bond donors (Lipinski definition) is 0. The van der Waals surface area contributed by atoms with E-state index in [1.54, 1.807) is 0 Å². The minimum atomic E-state index is -0.187. The monoisotopic (exact) mass is 298 g/mol. The van der Waals surface area contributed by atoms with Gasteiger partial charge in [-0.15, -0.1) is 11.6 Å². The fourth-order valence-electron chi connectivity index (χ4n) is 3.07. The van der Waals surface area contributed by atoms with Crippen molar-refractivity contribution in [2.24, 2.45) is 0 Å². The van der Waals surface area contributed by atoms with Gasteiger partial charge in [-0.3, -0.25) is 0 Å². The van der Waals surface area contributed by atoms with E-state index < -0.39 is 0 Å². The van der Waals surface area contributed by atoms with Gasteiger partial charge in [-0.1, -0.05) is 36.4 Å². The highest BCUT2D eigenvalue weighted by Gasteiger charge is 2.23. The number of fused-ring (bicyclic) bond motifs is 1. The predicted octanol–water partition coefficient (Wildman–Crippen LogP) is 5.99. The van der Waals surface area contributed by atoms with E-state index in [1.165, 1.54) is 21.9 Å². The molecule has 3 aromatic rings. The van der Waals surface area contributed by atoms with E-state index >= 15 is 0 Å². The van der Waals surface area contributed by atoms with Crippen LogP contribution in [0.3, 0.4) is 0 Å². The van der Waals surface area contributed by atoms with Crippen molar-refractivity contribution < 1.29 is 4.42 Å². The molecule has 0 bridgehead atoms. The largest absolute Gasteiger partial charge is 0.466 e. The summed E-state index contributed by atoms with van der Waals surface area (Å²) in [6.07, 6.45) is 0. The molecular formula is C19H19ClO. The van der Waals surface area contributed by atoms with Gasteiger partial charge in [-0.2, -0.15) is 0 Å². The van der Waals surface area contributed by atoms with Gasteiger partial charge in [0.2, 0.25) is 0 Å². The molecule has 1 nitrogen and oxygen atoms in total. The first-order chi connectivity index (χ1) is 10.0. The Kier molecular flexibility index (Phi) is 3.54. The fourth-order valence-corrected chi connectivity index (χ4v) is 3.68. The van der Waals surface area contributed by atoms with Crippen LogP contribution >= 0.6 is 11.6 Å². The smallest absolute Gasteiger partial charge is 0.106 e. The first-order valence-corrected chi connectivity index (χ1v) is 7.63. The summed E-state index contributed by atoms with van der Waals surface area (Å²) < 4.78 is 5.76. The predicted molar refractivity (Wildman–Crippen MR) is 89.3 cm³/mol. The van der Waals surface area contributed by atoms with Crippen LogP contribution in [-0.2, 0) is 0 Å². The minimum absolute atomic E-state index is 0.187. The topological polar surface area (TPSA) is 13.1 Å². The zero-order valence-electron chi connectivity index (χ0n) is 12.8. The highest BCUT2D eigenvalue weighted by Crippen LogP contribution is 2.40. The second-order valence-corrected chi connectivity index (χ2v) is 6.07. The molecule has 21 heavy (non-hydrogen) atoms. The molecule has 2 aromatic carbocycles. The maximum absolute atomic E-state index is 6.88. The summed E-state index contributed by atoms with van der Waals surface area (Å²) in [5.41, 5.74) is 4.65. The summed E-state index contributed by atoms with van der Waals surface area (Å²) in [5.74, 6) is 1.86. The van der Waals surface area contributed by atoms with Gasteiger partial charge in [0, 0.05) is 5.56 Å². The average molecular weight is 299 g/mol. The zero-order chi connectivity index (χ0) is 15.1. The van der Waals surface area contributed by atoms with Crippen molar-refractivity contribution in [1.82, 2.24) is 0 Å². The normalized spacial score (nSPS) is 12.8. The third-order valence-electron chi connectivity index (χ3n) is 4.31. The van der Waals surface area contributed by atoms with Crippen LogP contribution in [0.1, 0.15) is 39.2 Å². The molecule has 2 heteroatoms. The Balaban J connectivity index is 2.27. The van der Waals surface area contributed by atoms with Gasteiger partial charge in [0.05, 0.1) is 5.38 Å². The minimum Gasteiger partial charge on any atom is -0.466 e. The average Bonchev–Trinajstić information content (AvgIpc) is 2.71. The second-order valence-electron chi connectivity index (χ2n) is 5.63. The molecule has 1 unspecified atom stereocenters. The Bertz CT molecular complexity index is 814. The molecule has 0 fully saturated rings. The van der Waals surface area contributed by atoms with Crippen molar-refractivity contribution in [3.8, 4) is 0 Å². The Hall–Kier alpha value is -1.73. The van der Waals surface area contributed by atoms with E-state index in [4.69, 9.17) is 16.0 Å². The molecule has 0 aliphatic heterocycles. The SMILES string of the molecule is Cc1ccc2ccccc2c1C(Cl)c1c(C)oc(C)c1C. The van der Waals surface area contributed by atoms with E-state index in [0.29, 0.717) is 0 Å². The number of benzene rings is 2. The van der Waals surface area contributed by atoms with Crippen LogP contribution in [0.25, 0.3) is 10.8 Å². The van der Waals surface area contributed by atoms with E-state index in [9.17, 15) is 0 Å². The van der Waals surface area contributed by atoms with Crippen LogP contribution in [0, 0.1) is 27.7 Å². The summed E-state index contributed by atoms with van der Waals surface area (Å²) in [7, 11) is 0. The summed E-state index contributed by atoms with van der Waals surface area (Å²) in [5, 5.41) is 2.25. The van der Waals surface area contributed by atoms with Crippen molar-refractivity contribution >= 4 is 22.4 Å². The Morgan fingerprint density at radius 2 is 1.57 bits per heavy atom. The molecule has 0 spiro atoms. The van der Waals surface area contributed by atoms with Gasteiger partial charge < -0.3 is 4.42 Å². The quantitative estimate of drug-likeness (QED) is 0.529. The Morgan fingerprint density at radius 1 is 0.857 bits per heavy atom. The van der Waals surface area contributed by atoms with E-state index in [-0.39, 0.29) is 5.38 Å². The molecule has 1 aromatic heterocycles. The van der Waals surface area contributed by atoms with Gasteiger partial charge >= 0.3 is 0 Å². The maximum Gasteiger partial charge on any atom is 0.106 e. The molecule has 108 valence electrons. The van der Waals surface area contributed by atoms with E-state index in [0.717, 1.165) is 22.6 Å². The highest BCUT2D eigenvalue weighted by molar-refractivity contribution is 6.24. The summed E-state index contributed by atoms with van der Waals surface area (Å²) >= 11 is 6.88. The first-order valence-electron chi connectivity index (χ1n) is 7.19. The first kappa shape index (κ1) is 14.2. The van der Waals surface area contributed by atoms with Crippen LogP contribution in [0.15, 0.2) is 40.8 Å². The molecule has 3 rings (SSSR count). The molecule has 0 radical (unpaired) electrons. The third-order valence-corrected chi connectivity index (χ3v) is 4.75. The Morgan fingerprint density at radius 3 is 2.24 bits per heavy atom. The molecule has 0 aliphatic carbocycles. The van der Waals surface area contributed by atoms with Gasteiger partial charge in [-0.25, -0.2) is 0 Å². The third kappa shape index (κ3) is 2.26. The van der Waals surface area contributed by atoms with Crippen molar-refractivity contribution in [2.45, 2.75) is 33.1 Å². The summed E-state index contributed by atoms with van der Waals surface area (Å²) in [6, 6.07) is 12.7. The molecular weight excluding hydrogens is 280 g/mol.